The number of rotatable bonds is 9. The largest absolute Gasteiger partial charge is 0.389 e. The van der Waals surface area contributed by atoms with Crippen LogP contribution in [-0.2, 0) is 20.7 Å². The Morgan fingerprint density at radius 1 is 1.32 bits per heavy atom. The Labute approximate surface area is 150 Å². The van der Waals surface area contributed by atoms with Crippen LogP contribution in [0.3, 0.4) is 0 Å². The van der Waals surface area contributed by atoms with Crippen LogP contribution in [0.15, 0.2) is 43.0 Å². The molecule has 0 spiro atoms. The van der Waals surface area contributed by atoms with Crippen LogP contribution in [0.4, 0.5) is 0 Å². The number of benzene rings is 1. The predicted molar refractivity (Wildman–Crippen MR) is 98.3 cm³/mol. The number of aliphatic hydroxyl groups is 1. The van der Waals surface area contributed by atoms with Crippen molar-refractivity contribution < 1.29 is 19.4 Å². The first-order valence-electron chi connectivity index (χ1n) is 9.10. The average molecular weight is 346 g/mol. The second-order valence-electron chi connectivity index (χ2n) is 7.24. The fourth-order valence-electron chi connectivity index (χ4n) is 3.35. The Hall–Kier alpha value is -1.49. The molecule has 1 heterocycles. The molecule has 3 atom stereocenters. The Morgan fingerprint density at radius 3 is 2.68 bits per heavy atom. The van der Waals surface area contributed by atoms with Crippen molar-refractivity contribution in [3.8, 4) is 0 Å². The van der Waals surface area contributed by atoms with Gasteiger partial charge in [-0.05, 0) is 38.7 Å². The van der Waals surface area contributed by atoms with Crippen LogP contribution in [0.25, 0.3) is 0 Å². The van der Waals surface area contributed by atoms with Crippen LogP contribution < -0.4 is 0 Å². The fraction of sp³-hybridized carbons (Fsp3) is 0.571. The van der Waals surface area contributed by atoms with E-state index in [0.29, 0.717) is 12.8 Å². The Kier molecular flexibility index (Phi) is 7.36. The maximum absolute atomic E-state index is 12.1. The molecule has 2 rings (SSSR count). The molecule has 1 aliphatic rings. The van der Waals surface area contributed by atoms with Crippen molar-refractivity contribution in [1.82, 2.24) is 0 Å². The van der Waals surface area contributed by atoms with E-state index in [1.54, 1.807) is 0 Å². The highest BCUT2D eigenvalue weighted by Crippen LogP contribution is 2.31. The van der Waals surface area contributed by atoms with E-state index in [0.717, 1.165) is 19.3 Å². The smallest absolute Gasteiger partial charge is 0.163 e. The van der Waals surface area contributed by atoms with Crippen LogP contribution in [0.5, 0.6) is 0 Å². The van der Waals surface area contributed by atoms with Crippen molar-refractivity contribution in [2.75, 3.05) is 0 Å². The van der Waals surface area contributed by atoms with Crippen LogP contribution in [0.2, 0.25) is 0 Å². The van der Waals surface area contributed by atoms with E-state index in [4.69, 9.17) is 9.47 Å². The molecule has 1 saturated heterocycles. The molecule has 0 unspecified atom stereocenters. The highest BCUT2D eigenvalue weighted by molar-refractivity contribution is 5.79. The molecule has 0 aliphatic carbocycles. The molecule has 1 aliphatic heterocycles. The monoisotopic (exact) mass is 346 g/mol. The van der Waals surface area contributed by atoms with Gasteiger partial charge in [-0.2, -0.15) is 0 Å². The first kappa shape index (κ1) is 19.8. The first-order valence-corrected chi connectivity index (χ1v) is 9.10. The maximum Gasteiger partial charge on any atom is 0.163 e. The van der Waals surface area contributed by atoms with Crippen molar-refractivity contribution >= 4 is 5.78 Å². The van der Waals surface area contributed by atoms with Gasteiger partial charge in [0.1, 0.15) is 5.78 Å². The van der Waals surface area contributed by atoms with Gasteiger partial charge in [-0.25, -0.2) is 0 Å². The summed E-state index contributed by atoms with van der Waals surface area (Å²) in [6.45, 7) is 7.29. The van der Waals surface area contributed by atoms with Crippen molar-refractivity contribution in [2.45, 2.75) is 76.5 Å². The number of Topliss-reactive ketones (excluding diaryl/α,β-unsaturated/α-hetero) is 1. The van der Waals surface area contributed by atoms with Gasteiger partial charge < -0.3 is 14.6 Å². The maximum atomic E-state index is 12.1. The number of hydrogen-bond acceptors (Lipinski definition) is 4. The second kappa shape index (κ2) is 9.27. The average Bonchev–Trinajstić information content (AvgIpc) is 2.54. The molecule has 1 aromatic rings. The van der Waals surface area contributed by atoms with Gasteiger partial charge in [0, 0.05) is 19.3 Å². The highest BCUT2D eigenvalue weighted by atomic mass is 16.7. The summed E-state index contributed by atoms with van der Waals surface area (Å²) < 4.78 is 11.9. The third kappa shape index (κ3) is 7.10. The Balaban J connectivity index is 1.82. The SMILES string of the molecule is C=C[C@@H](O)CC(=O)C[C@H]1C[C@@H](CCCc2ccccc2)OC(C)(C)O1. The van der Waals surface area contributed by atoms with Crippen LogP contribution in [0, 0.1) is 0 Å². The van der Waals surface area contributed by atoms with E-state index >= 15 is 0 Å². The van der Waals surface area contributed by atoms with Gasteiger partial charge in [-0.15, -0.1) is 6.58 Å². The third-order valence-corrected chi connectivity index (χ3v) is 4.43. The number of carbonyl (C=O) groups excluding carboxylic acids is 1. The molecule has 25 heavy (non-hydrogen) atoms. The van der Waals surface area contributed by atoms with Crippen molar-refractivity contribution in [2.24, 2.45) is 0 Å². The number of ketones is 1. The number of ether oxygens (including phenoxy) is 2. The lowest BCUT2D eigenvalue weighted by Gasteiger charge is -2.41. The van der Waals surface area contributed by atoms with Gasteiger partial charge in [0.25, 0.3) is 0 Å². The van der Waals surface area contributed by atoms with Crippen molar-refractivity contribution in [3.05, 3.63) is 48.6 Å². The lowest BCUT2D eigenvalue weighted by Crippen LogP contribution is -2.45. The summed E-state index contributed by atoms with van der Waals surface area (Å²) in [5, 5.41) is 9.53. The van der Waals surface area contributed by atoms with Gasteiger partial charge in [0.2, 0.25) is 0 Å². The minimum absolute atomic E-state index is 0.00173. The molecule has 0 bridgehead atoms. The van der Waals surface area contributed by atoms with Crippen molar-refractivity contribution in [1.29, 1.82) is 0 Å². The number of hydrogen-bond donors (Lipinski definition) is 1. The number of aryl methyl sites for hydroxylation is 1. The topological polar surface area (TPSA) is 55.8 Å². The van der Waals surface area contributed by atoms with Gasteiger partial charge >= 0.3 is 0 Å². The van der Waals surface area contributed by atoms with Crippen molar-refractivity contribution in [3.63, 3.8) is 0 Å². The summed E-state index contributed by atoms with van der Waals surface area (Å²) in [6.07, 6.45) is 4.69. The van der Waals surface area contributed by atoms with Gasteiger partial charge in [0.15, 0.2) is 5.79 Å². The lowest BCUT2D eigenvalue weighted by atomic mass is 9.97. The van der Waals surface area contributed by atoms with E-state index < -0.39 is 11.9 Å². The van der Waals surface area contributed by atoms with E-state index in [1.165, 1.54) is 11.6 Å². The third-order valence-electron chi connectivity index (χ3n) is 4.43. The molecule has 0 aromatic heterocycles. The lowest BCUT2D eigenvalue weighted by molar-refractivity contribution is -0.299. The number of aliphatic hydroxyl groups excluding tert-OH is 1. The molecule has 4 nitrogen and oxygen atoms in total. The van der Waals surface area contributed by atoms with E-state index in [1.807, 2.05) is 19.9 Å². The van der Waals surface area contributed by atoms with Gasteiger partial charge in [-0.1, -0.05) is 36.4 Å². The molecule has 1 fully saturated rings. The summed E-state index contributed by atoms with van der Waals surface area (Å²) in [5.74, 6) is -0.685. The summed E-state index contributed by atoms with van der Waals surface area (Å²) in [6, 6.07) is 10.4. The van der Waals surface area contributed by atoms with E-state index in [9.17, 15) is 9.90 Å². The molecular formula is C21H30O4. The summed E-state index contributed by atoms with van der Waals surface area (Å²) in [5.41, 5.74) is 1.33. The van der Waals surface area contributed by atoms with E-state index in [-0.39, 0.29) is 24.4 Å². The van der Waals surface area contributed by atoms with Crippen LogP contribution in [-0.4, -0.2) is 35.0 Å². The number of carbonyl (C=O) groups is 1. The van der Waals surface area contributed by atoms with Crippen LogP contribution in [0.1, 0.15) is 51.5 Å². The summed E-state index contributed by atoms with van der Waals surface area (Å²) in [7, 11) is 0. The van der Waals surface area contributed by atoms with E-state index in [2.05, 4.69) is 30.8 Å². The Bertz CT molecular complexity index is 552. The summed E-state index contributed by atoms with van der Waals surface area (Å²) >= 11 is 0. The Morgan fingerprint density at radius 2 is 2.00 bits per heavy atom. The second-order valence-corrected chi connectivity index (χ2v) is 7.24. The molecule has 0 amide bonds. The minimum Gasteiger partial charge on any atom is -0.389 e. The highest BCUT2D eigenvalue weighted by Gasteiger charge is 2.36. The molecule has 4 heteroatoms. The van der Waals surface area contributed by atoms with Gasteiger partial charge in [0.05, 0.1) is 18.3 Å². The quantitative estimate of drug-likeness (QED) is 0.691. The zero-order valence-corrected chi connectivity index (χ0v) is 15.3. The minimum atomic E-state index is -0.776. The van der Waals surface area contributed by atoms with Gasteiger partial charge in [-0.3, -0.25) is 4.79 Å². The molecule has 0 radical (unpaired) electrons. The normalized spacial score (nSPS) is 23.8. The molecular weight excluding hydrogens is 316 g/mol. The fourth-order valence-corrected chi connectivity index (χ4v) is 3.35. The first-order chi connectivity index (χ1) is 11.9. The summed E-state index contributed by atoms with van der Waals surface area (Å²) in [4.78, 5) is 12.1. The predicted octanol–water partition coefficient (Wildman–Crippen LogP) is 3.82. The molecule has 1 N–H and O–H groups in total. The zero-order chi connectivity index (χ0) is 18.3. The standard InChI is InChI=1S/C21H30O4/c1-4-17(22)13-18(23)14-20-15-19(24-21(2,3)25-20)12-8-11-16-9-6-5-7-10-16/h4-7,9-10,17,19-20,22H,1,8,11-15H2,2-3H3/t17-,19-,20+/m1/s1. The molecule has 138 valence electrons. The molecule has 0 saturated carbocycles. The molecule has 1 aromatic carbocycles. The zero-order valence-electron chi connectivity index (χ0n) is 15.3. The van der Waals surface area contributed by atoms with Crippen LogP contribution >= 0.6 is 0 Å².